The molecule has 6 N–H and O–H groups in total. The highest BCUT2D eigenvalue weighted by Crippen LogP contribution is 2.37. The highest BCUT2D eigenvalue weighted by atomic mass is 32.2. The summed E-state index contributed by atoms with van der Waals surface area (Å²) in [7, 11) is -1.43. The lowest BCUT2D eigenvalue weighted by atomic mass is 10.1. The number of benzene rings is 5. The quantitative estimate of drug-likeness (QED) is 0.0690. The van der Waals surface area contributed by atoms with Gasteiger partial charge >= 0.3 is 10.2 Å². The van der Waals surface area contributed by atoms with E-state index in [1.54, 1.807) is 30.6 Å². The monoisotopic (exact) mass is 1250 g/mol. The largest absolute Gasteiger partial charge is 0.383 e. The molecule has 0 atom stereocenters. The predicted molar refractivity (Wildman–Crippen MR) is 405 cm³/mol. The Kier molecular flexibility index (Phi) is 58.4. The molecule has 4 heterocycles. The van der Waals surface area contributed by atoms with Crippen molar-refractivity contribution >= 4 is 66.9 Å². The van der Waals surface area contributed by atoms with Gasteiger partial charge in [0.15, 0.2) is 0 Å². The maximum Gasteiger partial charge on any atom is 0.324 e. The van der Waals surface area contributed by atoms with Gasteiger partial charge in [0.25, 0.3) is 0 Å². The van der Waals surface area contributed by atoms with Gasteiger partial charge in [-0.05, 0) is 170 Å². The number of aromatic nitrogens is 3. The Bertz CT molecular complexity index is 2630. The third kappa shape index (κ3) is 38.8. The average Bonchev–Trinajstić information content (AvgIpc) is 2.08. The molecule has 0 amide bonds. The summed E-state index contributed by atoms with van der Waals surface area (Å²) in [6.07, 6.45) is 5.28. The second-order valence-electron chi connectivity index (χ2n) is 19.7. The molecule has 0 aliphatic carbocycles. The average molecular weight is 1250 g/mol. The zero-order valence-electron chi connectivity index (χ0n) is 60.1. The number of pyridine rings is 1. The van der Waals surface area contributed by atoms with E-state index in [-0.39, 0.29) is 13.5 Å². The first kappa shape index (κ1) is 90.6. The van der Waals surface area contributed by atoms with E-state index in [4.69, 9.17) is 0 Å². The fourth-order valence-electron chi connectivity index (χ4n) is 7.52. The Morgan fingerprint density at radius 1 is 0.461 bits per heavy atom. The minimum absolute atomic E-state index is 0. The van der Waals surface area contributed by atoms with Gasteiger partial charge in [0.2, 0.25) is 5.95 Å². The van der Waals surface area contributed by atoms with E-state index in [2.05, 4.69) is 200 Å². The number of fused-ring (bicyclic) bond motifs is 3. The SMILES string of the molecule is C.CC.CC.CC.CC.CC.CC.CC(C)N1c2ccccc2NS1(=O)=O.CC(C)Nc1ccccc1.CC(C)Nc1ccccc1.CC(C)Nc1nccc2ccccc12.CC(C)Nc1ncccn1.CCN1CN(C(C)C)c2ccccc21.CCNC. The van der Waals surface area contributed by atoms with Crippen molar-refractivity contribution in [3.63, 3.8) is 0 Å². The van der Waals surface area contributed by atoms with Crippen LogP contribution < -0.4 is 45.4 Å². The van der Waals surface area contributed by atoms with Crippen molar-refractivity contribution < 1.29 is 8.42 Å². The van der Waals surface area contributed by atoms with Crippen molar-refractivity contribution in [3.8, 4) is 0 Å². The number of hydrogen-bond acceptors (Lipinski definition) is 12. The van der Waals surface area contributed by atoms with Crippen molar-refractivity contribution in [3.05, 3.63) is 164 Å². The van der Waals surface area contributed by atoms with Crippen LogP contribution in [0.25, 0.3) is 10.8 Å². The Labute approximate surface area is 547 Å². The number of nitrogens with zero attached hydrogens (tertiary/aromatic N) is 6. The smallest absolute Gasteiger partial charge is 0.324 e. The molecular weight excluding hydrogens is 1120 g/mol. The summed E-state index contributed by atoms with van der Waals surface area (Å²) >= 11 is 0. The van der Waals surface area contributed by atoms with Gasteiger partial charge < -0.3 is 36.4 Å². The molecule has 9 rings (SSSR count). The number of nitrogens with one attached hydrogen (secondary N) is 6. The third-order valence-corrected chi connectivity index (χ3v) is 12.5. The first-order valence-corrected chi connectivity index (χ1v) is 34.2. The number of rotatable bonds is 12. The molecule has 2 aliphatic rings. The second-order valence-corrected chi connectivity index (χ2v) is 21.2. The van der Waals surface area contributed by atoms with E-state index < -0.39 is 10.2 Å². The number of para-hydroxylation sites is 6. The van der Waals surface area contributed by atoms with Crippen LogP contribution in [0.15, 0.2) is 164 Å². The molecule has 14 nitrogen and oxygen atoms in total. The molecule has 0 saturated carbocycles. The van der Waals surface area contributed by atoms with Crippen molar-refractivity contribution in [1.29, 1.82) is 0 Å². The highest BCUT2D eigenvalue weighted by molar-refractivity contribution is 7.94. The molecule has 89 heavy (non-hydrogen) atoms. The summed E-state index contributed by atoms with van der Waals surface area (Å²) in [6.45, 7) is 56.5. The Hall–Kier alpha value is -7.10. The van der Waals surface area contributed by atoms with E-state index in [0.717, 1.165) is 31.3 Å². The van der Waals surface area contributed by atoms with E-state index >= 15 is 0 Å². The number of hydrogen-bond donors (Lipinski definition) is 6. The fraction of sp³-hybridized carbons (Fsp3) is 0.500. The van der Waals surface area contributed by atoms with E-state index in [1.165, 1.54) is 37.8 Å². The van der Waals surface area contributed by atoms with Gasteiger partial charge in [0, 0.05) is 78.1 Å². The van der Waals surface area contributed by atoms with Crippen LogP contribution in [0.3, 0.4) is 0 Å². The first-order chi connectivity index (χ1) is 42.3. The van der Waals surface area contributed by atoms with Crippen LogP contribution in [0.4, 0.5) is 45.9 Å². The van der Waals surface area contributed by atoms with Crippen LogP contribution >= 0.6 is 0 Å². The molecule has 7 aromatic rings. The summed E-state index contributed by atoms with van der Waals surface area (Å²) in [5.74, 6) is 1.66. The van der Waals surface area contributed by atoms with Crippen molar-refractivity contribution in [2.24, 2.45) is 0 Å². The van der Waals surface area contributed by atoms with Crippen molar-refractivity contribution in [2.45, 2.75) is 224 Å². The molecule has 2 aliphatic heterocycles. The zero-order chi connectivity index (χ0) is 68.0. The van der Waals surface area contributed by atoms with Crippen LogP contribution in [-0.4, -0.2) is 86.4 Å². The van der Waals surface area contributed by atoms with Gasteiger partial charge in [-0.15, -0.1) is 0 Å². The second kappa shape index (κ2) is 57.3. The summed E-state index contributed by atoms with van der Waals surface area (Å²) in [6, 6.07) is 50.7. The Morgan fingerprint density at radius 2 is 0.865 bits per heavy atom. The molecule has 504 valence electrons. The summed E-state index contributed by atoms with van der Waals surface area (Å²) in [5, 5.41) is 18.4. The van der Waals surface area contributed by atoms with Crippen molar-refractivity contribution in [1.82, 2.24) is 20.3 Å². The Morgan fingerprint density at radius 3 is 1.28 bits per heavy atom. The molecule has 5 aromatic carbocycles. The topological polar surface area (TPSA) is 155 Å². The van der Waals surface area contributed by atoms with Crippen LogP contribution in [0.5, 0.6) is 0 Å². The van der Waals surface area contributed by atoms with Gasteiger partial charge in [-0.3, -0.25) is 4.72 Å². The zero-order valence-corrected chi connectivity index (χ0v) is 60.9. The van der Waals surface area contributed by atoms with Gasteiger partial charge in [0.1, 0.15) is 5.82 Å². The van der Waals surface area contributed by atoms with Crippen molar-refractivity contribution in [2.75, 3.05) is 66.9 Å². The molecule has 15 heteroatoms. The summed E-state index contributed by atoms with van der Waals surface area (Å²) in [4.78, 5) is 17.2. The van der Waals surface area contributed by atoms with E-state index in [1.807, 2.05) is 177 Å². The summed E-state index contributed by atoms with van der Waals surface area (Å²) in [5.41, 5.74) is 6.52. The van der Waals surface area contributed by atoms with Gasteiger partial charge in [-0.2, -0.15) is 8.42 Å². The molecule has 2 aromatic heterocycles. The predicted octanol–water partition coefficient (Wildman–Crippen LogP) is 20.7. The lowest BCUT2D eigenvalue weighted by Crippen LogP contribution is -2.35. The minimum Gasteiger partial charge on any atom is -0.383 e. The van der Waals surface area contributed by atoms with Crippen LogP contribution in [0.2, 0.25) is 0 Å². The highest BCUT2D eigenvalue weighted by Gasteiger charge is 2.34. The first-order valence-electron chi connectivity index (χ1n) is 32.7. The van der Waals surface area contributed by atoms with Crippen LogP contribution in [0, 0.1) is 0 Å². The molecular formula is C74H130N12O2S. The van der Waals surface area contributed by atoms with Gasteiger partial charge in [0.05, 0.1) is 29.4 Å². The third-order valence-electron chi connectivity index (χ3n) is 10.9. The van der Waals surface area contributed by atoms with Crippen LogP contribution in [0.1, 0.15) is 187 Å². The molecule has 0 radical (unpaired) electrons. The van der Waals surface area contributed by atoms with E-state index in [0.29, 0.717) is 41.8 Å². The van der Waals surface area contributed by atoms with E-state index in [9.17, 15) is 8.42 Å². The fourth-order valence-corrected chi connectivity index (χ4v) is 9.05. The lowest BCUT2D eigenvalue weighted by Gasteiger charge is -2.24. The maximum absolute atomic E-state index is 11.7. The normalized spacial score (nSPS) is 11.0. The molecule has 0 unspecified atom stereocenters. The van der Waals surface area contributed by atoms with Crippen LogP contribution in [-0.2, 0) is 10.2 Å². The molecule has 0 spiro atoms. The minimum atomic E-state index is -3.36. The van der Waals surface area contributed by atoms with Gasteiger partial charge in [-0.1, -0.05) is 182 Å². The lowest BCUT2D eigenvalue weighted by molar-refractivity contribution is 0.592. The maximum atomic E-state index is 11.7. The number of anilines is 8. The molecule has 0 saturated heterocycles. The standard InChI is InChI=1S/C12H14N2.C12H18N2.C9H12N2O2S.2C9H13N.C7H11N3.C3H9N.6C2H6.CH4/c1-9(2)14-12-11-6-4-3-5-10(11)7-8-13-12;1-4-13-9-14(10(2)3)12-8-6-5-7-11(12)13;1-7(2)11-9-6-4-3-5-8(9)10-14(11,12)13;2*1-8(2)10-9-6-4-3-5-7-9;1-6(2)10-7-8-4-3-5-9-7;1-3-4-2;6*1-2;/h3-9H,1-2H3,(H,13,14);5-8,10H,4,9H2,1-3H3;3-7,10H,1-2H3;2*3-8,10H,1-2H3;3-6H,1-2H3,(H,8,9,10);4H,3H2,1-2H3;6*1-2H3;1H4. The van der Waals surface area contributed by atoms with Gasteiger partial charge in [-0.25, -0.2) is 19.3 Å². The summed E-state index contributed by atoms with van der Waals surface area (Å²) < 4.78 is 27.2. The molecule has 0 bridgehead atoms. The molecule has 0 fully saturated rings. The Balaban J connectivity index is -0.000000304.